The molecule has 1 aromatic carbocycles. The number of rotatable bonds is 6. The molecule has 4 heteroatoms. The molecule has 1 N–H and O–H groups in total. The van der Waals surface area contributed by atoms with Gasteiger partial charge in [-0.15, -0.1) is 0 Å². The summed E-state index contributed by atoms with van der Waals surface area (Å²) >= 11 is 0. The molecule has 0 saturated carbocycles. The van der Waals surface area contributed by atoms with Crippen LogP contribution in [0, 0.1) is 12.8 Å². The van der Waals surface area contributed by atoms with Crippen LogP contribution in [-0.2, 0) is 9.84 Å². The second-order valence-corrected chi connectivity index (χ2v) is 7.31. The van der Waals surface area contributed by atoms with Gasteiger partial charge in [-0.1, -0.05) is 31.5 Å². The summed E-state index contributed by atoms with van der Waals surface area (Å²) < 4.78 is 24.0. The Morgan fingerprint density at radius 3 is 2.22 bits per heavy atom. The minimum Gasteiger partial charge on any atom is -0.393 e. The first-order valence-corrected chi connectivity index (χ1v) is 7.94. The van der Waals surface area contributed by atoms with Gasteiger partial charge in [-0.3, -0.25) is 0 Å². The molecule has 0 aliphatic rings. The Labute approximate surface area is 110 Å². The van der Waals surface area contributed by atoms with Crippen LogP contribution in [-0.4, -0.2) is 25.4 Å². The van der Waals surface area contributed by atoms with Crippen LogP contribution in [0.4, 0.5) is 0 Å². The van der Waals surface area contributed by atoms with Crippen molar-refractivity contribution >= 4 is 9.84 Å². The fourth-order valence-corrected chi connectivity index (χ4v) is 3.19. The first-order chi connectivity index (χ1) is 8.31. The highest BCUT2D eigenvalue weighted by Crippen LogP contribution is 2.15. The van der Waals surface area contributed by atoms with Crippen LogP contribution in [0.3, 0.4) is 0 Å². The number of aliphatic hydroxyl groups is 1. The third-order valence-electron chi connectivity index (χ3n) is 2.84. The van der Waals surface area contributed by atoms with E-state index in [1.165, 1.54) is 0 Å². The molecule has 0 aliphatic carbocycles. The van der Waals surface area contributed by atoms with E-state index in [1.54, 1.807) is 24.3 Å². The quantitative estimate of drug-likeness (QED) is 0.864. The molecule has 3 nitrogen and oxygen atoms in total. The Balaban J connectivity index is 2.63. The summed E-state index contributed by atoms with van der Waals surface area (Å²) in [6, 6.07) is 6.83. The highest BCUT2D eigenvalue weighted by molar-refractivity contribution is 7.91. The van der Waals surface area contributed by atoms with Crippen LogP contribution >= 0.6 is 0 Å². The van der Waals surface area contributed by atoms with E-state index in [0.717, 1.165) is 5.56 Å². The zero-order valence-corrected chi connectivity index (χ0v) is 12.1. The third kappa shape index (κ3) is 4.78. The van der Waals surface area contributed by atoms with E-state index in [2.05, 4.69) is 0 Å². The minimum atomic E-state index is -3.27. The Morgan fingerprint density at radius 2 is 1.72 bits per heavy atom. The van der Waals surface area contributed by atoms with Crippen molar-refractivity contribution in [1.29, 1.82) is 0 Å². The maximum absolute atomic E-state index is 12.0. The molecule has 1 atom stereocenters. The summed E-state index contributed by atoms with van der Waals surface area (Å²) in [6.07, 6.45) is 0.405. The van der Waals surface area contributed by atoms with Crippen molar-refractivity contribution in [3.05, 3.63) is 29.8 Å². The van der Waals surface area contributed by atoms with Crippen LogP contribution < -0.4 is 0 Å². The van der Waals surface area contributed by atoms with Gasteiger partial charge >= 0.3 is 0 Å². The number of hydrogen-bond acceptors (Lipinski definition) is 3. The SMILES string of the molecule is Cc1ccc(S(=O)(=O)CCC(O)CC(C)C)cc1. The van der Waals surface area contributed by atoms with Crippen molar-refractivity contribution in [2.24, 2.45) is 5.92 Å². The van der Waals surface area contributed by atoms with Gasteiger partial charge in [0.2, 0.25) is 0 Å². The summed E-state index contributed by atoms with van der Waals surface area (Å²) in [5.41, 5.74) is 1.04. The number of benzene rings is 1. The molecule has 18 heavy (non-hydrogen) atoms. The molecule has 0 heterocycles. The number of sulfone groups is 1. The van der Waals surface area contributed by atoms with Gasteiger partial charge in [-0.2, -0.15) is 0 Å². The topological polar surface area (TPSA) is 54.4 Å². The molecular weight excluding hydrogens is 248 g/mol. The van der Waals surface area contributed by atoms with Crippen LogP contribution in [0.2, 0.25) is 0 Å². The monoisotopic (exact) mass is 270 g/mol. The smallest absolute Gasteiger partial charge is 0.178 e. The zero-order chi connectivity index (χ0) is 13.8. The molecule has 0 bridgehead atoms. The lowest BCUT2D eigenvalue weighted by Crippen LogP contribution is -2.16. The van der Waals surface area contributed by atoms with E-state index in [4.69, 9.17) is 0 Å². The number of hydrogen-bond donors (Lipinski definition) is 1. The van der Waals surface area contributed by atoms with Crippen molar-refractivity contribution < 1.29 is 13.5 Å². The van der Waals surface area contributed by atoms with Gasteiger partial charge in [0.15, 0.2) is 9.84 Å². The highest BCUT2D eigenvalue weighted by Gasteiger charge is 2.17. The van der Waals surface area contributed by atoms with Crippen LogP contribution in [0.1, 0.15) is 32.3 Å². The van der Waals surface area contributed by atoms with Crippen molar-refractivity contribution in [2.45, 2.75) is 44.6 Å². The molecule has 0 amide bonds. The van der Waals surface area contributed by atoms with Crippen LogP contribution in [0.5, 0.6) is 0 Å². The molecule has 0 fully saturated rings. The van der Waals surface area contributed by atoms with E-state index in [1.807, 2.05) is 20.8 Å². The van der Waals surface area contributed by atoms with Gasteiger partial charge in [0.1, 0.15) is 0 Å². The van der Waals surface area contributed by atoms with Crippen LogP contribution in [0.25, 0.3) is 0 Å². The molecule has 102 valence electrons. The van der Waals surface area contributed by atoms with Crippen molar-refractivity contribution in [3.63, 3.8) is 0 Å². The van der Waals surface area contributed by atoms with E-state index in [9.17, 15) is 13.5 Å². The molecule has 0 saturated heterocycles. The molecule has 1 rings (SSSR count). The van der Waals surface area contributed by atoms with Gasteiger partial charge in [0.05, 0.1) is 16.8 Å². The van der Waals surface area contributed by atoms with E-state index >= 15 is 0 Å². The zero-order valence-electron chi connectivity index (χ0n) is 11.3. The molecule has 0 radical (unpaired) electrons. The summed E-state index contributed by atoms with van der Waals surface area (Å²) in [7, 11) is -3.27. The average Bonchev–Trinajstić information content (AvgIpc) is 2.26. The van der Waals surface area contributed by atoms with Gasteiger partial charge in [0.25, 0.3) is 0 Å². The van der Waals surface area contributed by atoms with Gasteiger partial charge in [-0.05, 0) is 37.8 Å². The van der Waals surface area contributed by atoms with Gasteiger partial charge < -0.3 is 5.11 Å². The van der Waals surface area contributed by atoms with Crippen molar-refractivity contribution in [2.75, 3.05) is 5.75 Å². The fraction of sp³-hybridized carbons (Fsp3) is 0.571. The Bertz CT molecular complexity index is 460. The molecular formula is C14H22O3S. The lowest BCUT2D eigenvalue weighted by molar-refractivity contribution is 0.145. The Hall–Kier alpha value is -0.870. The highest BCUT2D eigenvalue weighted by atomic mass is 32.2. The van der Waals surface area contributed by atoms with Gasteiger partial charge in [-0.25, -0.2) is 8.42 Å². The first kappa shape index (κ1) is 15.2. The summed E-state index contributed by atoms with van der Waals surface area (Å²) in [6.45, 7) is 5.94. The van der Waals surface area contributed by atoms with Crippen LogP contribution in [0.15, 0.2) is 29.2 Å². The van der Waals surface area contributed by atoms with Crippen molar-refractivity contribution in [1.82, 2.24) is 0 Å². The Kier molecular flexibility index (Phi) is 5.35. The second kappa shape index (κ2) is 6.34. The number of aliphatic hydroxyl groups excluding tert-OH is 1. The molecule has 1 unspecified atom stereocenters. The maximum atomic E-state index is 12.0. The molecule has 0 spiro atoms. The average molecular weight is 270 g/mol. The summed E-state index contributed by atoms with van der Waals surface area (Å²) in [4.78, 5) is 0.338. The van der Waals surface area contributed by atoms with E-state index < -0.39 is 15.9 Å². The predicted octanol–water partition coefficient (Wildman–Crippen LogP) is 2.57. The predicted molar refractivity (Wildman–Crippen MR) is 73.3 cm³/mol. The number of aryl methyl sites for hydroxylation is 1. The molecule has 0 aromatic heterocycles. The summed E-state index contributed by atoms with van der Waals surface area (Å²) in [5.74, 6) is 0.381. The van der Waals surface area contributed by atoms with Gasteiger partial charge in [0, 0.05) is 0 Å². The van der Waals surface area contributed by atoms with Crippen molar-refractivity contribution in [3.8, 4) is 0 Å². The standard InChI is InChI=1S/C14H22O3S/c1-11(2)10-13(15)8-9-18(16,17)14-6-4-12(3)5-7-14/h4-7,11,13,15H,8-10H2,1-3H3. The summed E-state index contributed by atoms with van der Waals surface area (Å²) in [5, 5.41) is 9.71. The van der Waals surface area contributed by atoms with E-state index in [0.29, 0.717) is 23.7 Å². The van der Waals surface area contributed by atoms with E-state index in [-0.39, 0.29) is 5.75 Å². The molecule has 0 aliphatic heterocycles. The first-order valence-electron chi connectivity index (χ1n) is 6.29. The molecule has 1 aromatic rings. The lowest BCUT2D eigenvalue weighted by atomic mass is 10.0. The lowest BCUT2D eigenvalue weighted by Gasteiger charge is -2.13. The second-order valence-electron chi connectivity index (χ2n) is 5.20. The third-order valence-corrected chi connectivity index (χ3v) is 4.61. The largest absolute Gasteiger partial charge is 0.393 e. The Morgan fingerprint density at radius 1 is 1.17 bits per heavy atom. The maximum Gasteiger partial charge on any atom is 0.178 e. The fourth-order valence-electron chi connectivity index (χ4n) is 1.82. The normalized spacial score (nSPS) is 13.8. The minimum absolute atomic E-state index is 0.00392.